The number of nitrogens with two attached hydrogens (primary N) is 1. The zero-order chi connectivity index (χ0) is 12.8. The number of hydrogen-bond donors (Lipinski definition) is 1. The van der Waals surface area contributed by atoms with E-state index in [1.165, 1.54) is 0 Å². The Morgan fingerprint density at radius 1 is 1.47 bits per heavy atom. The number of carbonyl (C=O) groups excluding carboxylic acids is 2. The van der Waals surface area contributed by atoms with Crippen molar-refractivity contribution in [1.82, 2.24) is 9.96 Å². The first-order chi connectivity index (χ1) is 7.79. The lowest BCUT2D eigenvalue weighted by Gasteiger charge is -2.27. The molecule has 0 aromatic rings. The normalized spacial score (nSPS) is 28.6. The van der Waals surface area contributed by atoms with E-state index in [4.69, 9.17) is 5.73 Å². The first-order valence-corrected chi connectivity index (χ1v) is 6.17. The number of hydroxylamine groups is 2. The molecule has 0 aromatic heterocycles. The largest absolute Gasteiger partial charge is 0.724 e. The minimum Gasteiger partial charge on any atom is -0.724 e. The zero-order valence-electron chi connectivity index (χ0n) is 8.61. The van der Waals surface area contributed by atoms with Gasteiger partial charge in [-0.15, -0.1) is 0 Å². The topological polar surface area (TPSA) is 133 Å². The SMILES string of the molecule is NC(=O)C1CCC2CN1C(=O)N2OS(=O)(=O)[O-]. The van der Waals surface area contributed by atoms with Crippen LogP contribution in [0, 0.1) is 0 Å². The van der Waals surface area contributed by atoms with Crippen molar-refractivity contribution in [2.24, 2.45) is 5.73 Å². The van der Waals surface area contributed by atoms with Crippen LogP contribution in [0.4, 0.5) is 4.79 Å². The van der Waals surface area contributed by atoms with Gasteiger partial charge >= 0.3 is 6.03 Å². The van der Waals surface area contributed by atoms with E-state index in [0.717, 1.165) is 4.90 Å². The molecule has 0 radical (unpaired) electrons. The molecule has 2 saturated heterocycles. The van der Waals surface area contributed by atoms with Gasteiger partial charge in [0.05, 0.1) is 6.04 Å². The minimum absolute atomic E-state index is 0.127. The van der Waals surface area contributed by atoms with Gasteiger partial charge in [-0.25, -0.2) is 13.2 Å². The van der Waals surface area contributed by atoms with Crippen LogP contribution in [-0.4, -0.2) is 53.5 Å². The Balaban J connectivity index is 2.20. The van der Waals surface area contributed by atoms with Crippen LogP contribution < -0.4 is 5.73 Å². The van der Waals surface area contributed by atoms with Crippen LogP contribution in [0.5, 0.6) is 0 Å². The van der Waals surface area contributed by atoms with E-state index in [9.17, 15) is 22.6 Å². The first-order valence-electron chi connectivity index (χ1n) is 4.84. The maximum Gasteiger partial charge on any atom is 0.346 e. The van der Waals surface area contributed by atoms with Crippen molar-refractivity contribution in [3.8, 4) is 0 Å². The second kappa shape index (κ2) is 3.82. The van der Waals surface area contributed by atoms with Gasteiger partial charge in [-0.3, -0.25) is 4.79 Å². The summed E-state index contributed by atoms with van der Waals surface area (Å²) in [5.74, 6) is -0.663. The molecule has 2 bridgehead atoms. The van der Waals surface area contributed by atoms with Crippen molar-refractivity contribution in [2.75, 3.05) is 6.54 Å². The maximum atomic E-state index is 11.7. The maximum absolute atomic E-state index is 11.7. The highest BCUT2D eigenvalue weighted by Crippen LogP contribution is 2.30. The van der Waals surface area contributed by atoms with Crippen molar-refractivity contribution < 1.29 is 26.8 Å². The quantitative estimate of drug-likeness (QED) is 0.469. The average Bonchev–Trinajstić information content (AvgIpc) is 2.42. The van der Waals surface area contributed by atoms with Crippen LogP contribution in [0.3, 0.4) is 0 Å². The second-order valence-electron chi connectivity index (χ2n) is 3.89. The van der Waals surface area contributed by atoms with E-state index in [0.29, 0.717) is 17.9 Å². The number of rotatable bonds is 3. The van der Waals surface area contributed by atoms with E-state index < -0.39 is 34.4 Å². The molecule has 0 aliphatic carbocycles. The third-order valence-corrected chi connectivity index (χ3v) is 3.17. The van der Waals surface area contributed by atoms with Crippen LogP contribution in [-0.2, 0) is 19.5 Å². The molecule has 2 rings (SSSR count). The van der Waals surface area contributed by atoms with E-state index in [-0.39, 0.29) is 6.54 Å². The summed E-state index contributed by atoms with van der Waals surface area (Å²) in [6.07, 6.45) is 0.676. The second-order valence-corrected chi connectivity index (χ2v) is 4.86. The third kappa shape index (κ3) is 2.18. The molecule has 0 spiro atoms. The molecule has 2 unspecified atom stereocenters. The van der Waals surface area contributed by atoms with Gasteiger partial charge in [0.1, 0.15) is 6.04 Å². The summed E-state index contributed by atoms with van der Waals surface area (Å²) in [6.45, 7) is 0.127. The lowest BCUT2D eigenvalue weighted by Crippen LogP contribution is -2.47. The van der Waals surface area contributed by atoms with Gasteiger partial charge in [0, 0.05) is 6.54 Å². The summed E-state index contributed by atoms with van der Waals surface area (Å²) < 4.78 is 35.4. The molecule has 0 saturated carbocycles. The molecule has 2 atom stereocenters. The van der Waals surface area contributed by atoms with Gasteiger partial charge in [-0.1, -0.05) is 0 Å². The lowest BCUT2D eigenvalue weighted by atomic mass is 10.0. The minimum atomic E-state index is -5.00. The first kappa shape index (κ1) is 12.1. The predicted octanol–water partition coefficient (Wildman–Crippen LogP) is -1.87. The highest BCUT2D eigenvalue weighted by molar-refractivity contribution is 7.80. The van der Waals surface area contributed by atoms with Crippen molar-refractivity contribution in [3.63, 3.8) is 0 Å². The number of amides is 3. The molecule has 96 valence electrons. The van der Waals surface area contributed by atoms with Gasteiger partial charge in [-0.2, -0.15) is 9.35 Å². The molecule has 0 aromatic carbocycles. The Morgan fingerprint density at radius 3 is 2.65 bits per heavy atom. The Morgan fingerprint density at radius 2 is 2.12 bits per heavy atom. The van der Waals surface area contributed by atoms with Gasteiger partial charge in [-0.05, 0) is 12.8 Å². The van der Waals surface area contributed by atoms with Crippen LogP contribution in [0.25, 0.3) is 0 Å². The van der Waals surface area contributed by atoms with Crippen molar-refractivity contribution in [2.45, 2.75) is 24.9 Å². The molecule has 2 fully saturated rings. The highest BCUT2D eigenvalue weighted by atomic mass is 32.3. The third-order valence-electron chi connectivity index (χ3n) is 2.82. The molecule has 9 nitrogen and oxygen atoms in total. The Labute approximate surface area is 97.0 Å². The molecule has 17 heavy (non-hydrogen) atoms. The average molecular weight is 264 g/mol. The summed E-state index contributed by atoms with van der Waals surface area (Å²) in [5, 5.41) is 0.505. The van der Waals surface area contributed by atoms with Gasteiger partial charge in [0.15, 0.2) is 0 Å². The van der Waals surface area contributed by atoms with Crippen molar-refractivity contribution >= 4 is 22.3 Å². The number of fused-ring (bicyclic) bond motifs is 2. The monoisotopic (exact) mass is 264 g/mol. The summed E-state index contributed by atoms with van der Waals surface area (Å²) in [7, 11) is -5.00. The number of urea groups is 1. The van der Waals surface area contributed by atoms with Gasteiger partial charge in [0.2, 0.25) is 16.3 Å². The zero-order valence-corrected chi connectivity index (χ0v) is 9.42. The number of carbonyl (C=O) groups is 2. The fourth-order valence-electron chi connectivity index (χ4n) is 2.12. The lowest BCUT2D eigenvalue weighted by molar-refractivity contribution is -0.122. The van der Waals surface area contributed by atoms with E-state index in [1.807, 2.05) is 0 Å². The van der Waals surface area contributed by atoms with Crippen LogP contribution in [0.1, 0.15) is 12.8 Å². The molecule has 2 aliphatic rings. The molecular weight excluding hydrogens is 254 g/mol. The smallest absolute Gasteiger partial charge is 0.346 e. The summed E-state index contributed by atoms with van der Waals surface area (Å²) in [5.41, 5.74) is 5.11. The summed E-state index contributed by atoms with van der Waals surface area (Å²) >= 11 is 0. The molecule has 3 amide bonds. The fraction of sp³-hybridized carbons (Fsp3) is 0.714. The van der Waals surface area contributed by atoms with Crippen LogP contribution in [0.15, 0.2) is 0 Å². The summed E-state index contributed by atoms with van der Waals surface area (Å²) in [6, 6.07) is -2.14. The summed E-state index contributed by atoms with van der Waals surface area (Å²) in [4.78, 5) is 23.9. The molecule has 2 heterocycles. The van der Waals surface area contributed by atoms with Crippen LogP contribution in [0.2, 0.25) is 0 Å². The highest BCUT2D eigenvalue weighted by Gasteiger charge is 2.48. The Kier molecular flexibility index (Phi) is 2.72. The standard InChI is InChI=1S/C7H11N3O6S/c8-6(11)5-2-1-4-3-9(5)7(12)10(4)16-17(13,14)15/h4-5H,1-3H2,(H2,8,11)(H,13,14,15)/p-1. The van der Waals surface area contributed by atoms with E-state index >= 15 is 0 Å². The number of primary amides is 1. The van der Waals surface area contributed by atoms with E-state index in [1.54, 1.807) is 0 Å². The van der Waals surface area contributed by atoms with Crippen molar-refractivity contribution in [1.29, 1.82) is 0 Å². The molecular formula is C7H10N3O6S-. The van der Waals surface area contributed by atoms with Crippen LogP contribution >= 0.6 is 0 Å². The number of nitrogens with zero attached hydrogens (tertiary/aromatic N) is 2. The fourth-order valence-corrected chi connectivity index (χ4v) is 2.51. The Hall–Kier alpha value is -1.39. The Bertz CT molecular complexity index is 462. The van der Waals surface area contributed by atoms with Gasteiger partial charge < -0.3 is 15.2 Å². The van der Waals surface area contributed by atoms with E-state index in [2.05, 4.69) is 4.28 Å². The molecule has 10 heteroatoms. The molecule has 2 N–H and O–H groups in total. The predicted molar refractivity (Wildman–Crippen MR) is 50.7 cm³/mol. The number of hydrogen-bond acceptors (Lipinski definition) is 6. The molecule has 2 aliphatic heterocycles. The van der Waals surface area contributed by atoms with Gasteiger partial charge in [0.25, 0.3) is 0 Å². The number of piperidine rings is 1. The van der Waals surface area contributed by atoms with Crippen molar-refractivity contribution in [3.05, 3.63) is 0 Å².